The number of amides is 1. The molecule has 0 fully saturated rings. The van der Waals surface area contributed by atoms with Gasteiger partial charge in [-0.05, 0) is 61.9 Å². The van der Waals surface area contributed by atoms with E-state index in [0.717, 1.165) is 22.0 Å². The minimum Gasteiger partial charge on any atom is -0.494 e. The lowest BCUT2D eigenvalue weighted by Gasteiger charge is -2.25. The van der Waals surface area contributed by atoms with E-state index in [1.807, 2.05) is 19.1 Å². The molecule has 0 bridgehead atoms. The number of methoxy groups -OCH3 is 2. The van der Waals surface area contributed by atoms with Crippen molar-refractivity contribution in [1.29, 1.82) is 0 Å². The molecule has 8 nitrogen and oxygen atoms in total. The third-order valence-corrected chi connectivity index (χ3v) is 7.55. The molecule has 1 amide bonds. The normalized spacial score (nSPS) is 11.9. The second kappa shape index (κ2) is 12.2. The summed E-state index contributed by atoms with van der Waals surface area (Å²) < 4.78 is 57.9. The number of nitrogens with one attached hydrogen (secondary N) is 1. The Morgan fingerprint density at radius 1 is 1.03 bits per heavy atom. The number of halogens is 2. The van der Waals surface area contributed by atoms with Crippen LogP contribution in [-0.4, -0.2) is 41.7 Å². The highest BCUT2D eigenvalue weighted by Crippen LogP contribution is 2.33. The molecule has 0 saturated heterocycles. The zero-order valence-electron chi connectivity index (χ0n) is 20.8. The van der Waals surface area contributed by atoms with Crippen LogP contribution in [0.4, 0.5) is 10.1 Å². The van der Waals surface area contributed by atoms with Gasteiger partial charge in [0, 0.05) is 6.07 Å². The maximum absolute atomic E-state index is 13.8. The van der Waals surface area contributed by atoms with E-state index in [9.17, 15) is 17.6 Å². The predicted octanol–water partition coefficient (Wildman–Crippen LogP) is 4.97. The molecule has 1 atom stereocenters. The number of ether oxygens (including phenoxy) is 3. The minimum absolute atomic E-state index is 0.0186. The van der Waals surface area contributed by atoms with E-state index in [4.69, 9.17) is 25.8 Å². The van der Waals surface area contributed by atoms with Crippen LogP contribution in [0.1, 0.15) is 25.5 Å². The molecule has 3 rings (SSSR count). The van der Waals surface area contributed by atoms with Gasteiger partial charge in [0.15, 0.2) is 11.5 Å². The van der Waals surface area contributed by atoms with Crippen LogP contribution < -0.4 is 23.8 Å². The molecule has 3 aromatic carbocycles. The van der Waals surface area contributed by atoms with Crippen molar-refractivity contribution in [2.45, 2.75) is 24.8 Å². The van der Waals surface area contributed by atoms with Gasteiger partial charge in [-0.3, -0.25) is 9.10 Å². The predicted molar refractivity (Wildman–Crippen MR) is 140 cm³/mol. The van der Waals surface area contributed by atoms with Crippen molar-refractivity contribution in [3.63, 3.8) is 0 Å². The molecule has 3 aromatic rings. The van der Waals surface area contributed by atoms with Crippen LogP contribution in [0.5, 0.6) is 17.2 Å². The van der Waals surface area contributed by atoms with E-state index in [1.54, 1.807) is 19.1 Å². The van der Waals surface area contributed by atoms with E-state index in [1.165, 1.54) is 38.5 Å². The van der Waals surface area contributed by atoms with E-state index >= 15 is 0 Å². The fraction of sp³-hybridized carbons (Fsp3) is 0.269. The molecule has 1 unspecified atom stereocenters. The van der Waals surface area contributed by atoms with Gasteiger partial charge in [-0.2, -0.15) is 0 Å². The van der Waals surface area contributed by atoms with Crippen molar-refractivity contribution in [3.8, 4) is 17.2 Å². The minimum atomic E-state index is -4.31. The number of carbonyl (C=O) groups is 1. The highest BCUT2D eigenvalue weighted by molar-refractivity contribution is 7.92. The molecule has 0 saturated carbocycles. The lowest BCUT2D eigenvalue weighted by Crippen LogP contribution is -2.41. The summed E-state index contributed by atoms with van der Waals surface area (Å²) in [6.45, 7) is 3.60. The molecule has 37 heavy (non-hydrogen) atoms. The summed E-state index contributed by atoms with van der Waals surface area (Å²) in [6.07, 6.45) is 0. The molecule has 0 heterocycles. The van der Waals surface area contributed by atoms with E-state index in [-0.39, 0.29) is 21.4 Å². The monoisotopic (exact) mass is 550 g/mol. The molecule has 0 aliphatic carbocycles. The number of rotatable bonds is 11. The van der Waals surface area contributed by atoms with Crippen molar-refractivity contribution in [2.75, 3.05) is 31.7 Å². The molecule has 0 aromatic heterocycles. The zero-order chi connectivity index (χ0) is 27.2. The first-order valence-corrected chi connectivity index (χ1v) is 13.1. The SMILES string of the molecule is CCOc1ccc(C(C)NC(=O)CN(c2ccc(F)c(Cl)c2)S(=O)(=O)c2ccc(OC)c(OC)c2)cc1. The first kappa shape index (κ1) is 28.1. The Kier molecular flexibility index (Phi) is 9.23. The summed E-state index contributed by atoms with van der Waals surface area (Å²) in [4.78, 5) is 12.9. The van der Waals surface area contributed by atoms with Crippen LogP contribution >= 0.6 is 11.6 Å². The first-order chi connectivity index (χ1) is 17.6. The molecule has 198 valence electrons. The fourth-order valence-electron chi connectivity index (χ4n) is 3.58. The maximum atomic E-state index is 13.8. The van der Waals surface area contributed by atoms with Crippen LogP contribution in [0.15, 0.2) is 65.6 Å². The van der Waals surface area contributed by atoms with Gasteiger partial charge in [0.1, 0.15) is 18.1 Å². The molecular formula is C26H28ClFN2O6S. The van der Waals surface area contributed by atoms with Crippen LogP contribution in [-0.2, 0) is 14.8 Å². The highest BCUT2D eigenvalue weighted by atomic mass is 35.5. The Morgan fingerprint density at radius 3 is 2.30 bits per heavy atom. The third kappa shape index (κ3) is 6.64. The fourth-order valence-corrected chi connectivity index (χ4v) is 5.18. The standard InChI is InChI=1S/C26H28ClFN2O6S/c1-5-36-20-9-6-18(7-10-20)17(2)29-26(31)16-30(19-8-12-23(28)22(27)14-19)37(32,33)21-11-13-24(34-3)25(15-21)35-4/h6-15,17H,5,16H2,1-4H3,(H,29,31). The molecule has 1 N–H and O–H groups in total. The quantitative estimate of drug-likeness (QED) is 0.362. The first-order valence-electron chi connectivity index (χ1n) is 11.3. The number of hydrogen-bond donors (Lipinski definition) is 1. The smallest absolute Gasteiger partial charge is 0.264 e. The van der Waals surface area contributed by atoms with Crippen LogP contribution in [0.2, 0.25) is 5.02 Å². The maximum Gasteiger partial charge on any atom is 0.264 e. The molecule has 11 heteroatoms. The second-order valence-corrected chi connectivity index (χ2v) is 10.2. The van der Waals surface area contributed by atoms with Crippen LogP contribution in [0.25, 0.3) is 0 Å². The summed E-state index contributed by atoms with van der Waals surface area (Å²) >= 11 is 5.93. The lowest BCUT2D eigenvalue weighted by molar-refractivity contribution is -0.120. The topological polar surface area (TPSA) is 94.2 Å². The van der Waals surface area contributed by atoms with Crippen molar-refractivity contribution in [3.05, 3.63) is 77.1 Å². The van der Waals surface area contributed by atoms with Crippen LogP contribution in [0, 0.1) is 5.82 Å². The number of nitrogens with zero attached hydrogens (tertiary/aromatic N) is 1. The van der Waals surface area contributed by atoms with E-state index < -0.39 is 34.3 Å². The number of benzene rings is 3. The Labute approximate surface area is 221 Å². The lowest BCUT2D eigenvalue weighted by atomic mass is 10.1. The van der Waals surface area contributed by atoms with Gasteiger partial charge in [0.2, 0.25) is 5.91 Å². The molecule has 0 aliphatic rings. The highest BCUT2D eigenvalue weighted by Gasteiger charge is 2.29. The van der Waals surface area contributed by atoms with Gasteiger partial charge in [-0.1, -0.05) is 23.7 Å². The molecule has 0 aliphatic heterocycles. The van der Waals surface area contributed by atoms with Gasteiger partial charge in [0.05, 0.1) is 42.5 Å². The Balaban J connectivity index is 1.92. The average molecular weight is 551 g/mol. The number of anilines is 1. The van der Waals surface area contributed by atoms with Crippen molar-refractivity contribution in [2.24, 2.45) is 0 Å². The van der Waals surface area contributed by atoms with Gasteiger partial charge in [-0.25, -0.2) is 12.8 Å². The van der Waals surface area contributed by atoms with E-state index in [2.05, 4.69) is 5.32 Å². The third-order valence-electron chi connectivity index (χ3n) is 5.49. The van der Waals surface area contributed by atoms with Gasteiger partial charge in [0.25, 0.3) is 10.0 Å². The zero-order valence-corrected chi connectivity index (χ0v) is 22.4. The summed E-state index contributed by atoms with van der Waals surface area (Å²) in [5.41, 5.74) is 0.820. The summed E-state index contributed by atoms with van der Waals surface area (Å²) in [7, 11) is -1.51. The van der Waals surface area contributed by atoms with Crippen molar-refractivity contribution in [1.82, 2.24) is 5.32 Å². The Bertz CT molecular complexity index is 1350. The van der Waals surface area contributed by atoms with Gasteiger partial charge >= 0.3 is 0 Å². The number of sulfonamides is 1. The molecule has 0 spiro atoms. The number of hydrogen-bond acceptors (Lipinski definition) is 6. The van der Waals surface area contributed by atoms with Gasteiger partial charge in [-0.15, -0.1) is 0 Å². The second-order valence-electron chi connectivity index (χ2n) is 7.92. The van der Waals surface area contributed by atoms with Crippen LogP contribution in [0.3, 0.4) is 0 Å². The Hall–Kier alpha value is -3.50. The average Bonchev–Trinajstić information content (AvgIpc) is 2.89. The molecular weight excluding hydrogens is 523 g/mol. The van der Waals surface area contributed by atoms with Crippen molar-refractivity contribution >= 4 is 33.2 Å². The summed E-state index contributed by atoms with van der Waals surface area (Å²) in [5.74, 6) is -0.0764. The summed E-state index contributed by atoms with van der Waals surface area (Å²) in [6, 6.07) is 14.3. The largest absolute Gasteiger partial charge is 0.494 e. The Morgan fingerprint density at radius 2 is 1.70 bits per heavy atom. The van der Waals surface area contributed by atoms with Crippen molar-refractivity contribution < 1.29 is 31.8 Å². The molecule has 0 radical (unpaired) electrons. The summed E-state index contributed by atoms with van der Waals surface area (Å²) in [5, 5.41) is 2.52. The number of carbonyl (C=O) groups excluding carboxylic acids is 1. The van der Waals surface area contributed by atoms with E-state index in [0.29, 0.717) is 18.1 Å². The van der Waals surface area contributed by atoms with Gasteiger partial charge < -0.3 is 19.5 Å².